The van der Waals surface area contributed by atoms with Gasteiger partial charge in [-0.25, -0.2) is 0 Å². The molecule has 0 bridgehead atoms. The van der Waals surface area contributed by atoms with Crippen LogP contribution in [-0.4, -0.2) is 30.5 Å². The molecule has 0 aliphatic carbocycles. The van der Waals surface area contributed by atoms with Gasteiger partial charge in [0, 0.05) is 11.3 Å². The third-order valence-corrected chi connectivity index (χ3v) is 6.96. The minimum Gasteiger partial charge on any atom is -0.507 e. The molecule has 4 rings (SSSR count). The summed E-state index contributed by atoms with van der Waals surface area (Å²) >= 11 is 0. The highest BCUT2D eigenvalue weighted by Gasteiger charge is 2.47. The Labute approximate surface area is 230 Å². The van der Waals surface area contributed by atoms with Crippen molar-refractivity contribution in [3.63, 3.8) is 0 Å². The molecule has 1 unspecified atom stereocenters. The van der Waals surface area contributed by atoms with Crippen molar-refractivity contribution < 1.29 is 24.2 Å². The number of Topliss-reactive ketones (excluding diaryl/α,β-unsaturated/α-hetero) is 1. The van der Waals surface area contributed by atoms with Crippen LogP contribution in [0.15, 0.2) is 66.2 Å². The molecule has 0 aromatic heterocycles. The second kappa shape index (κ2) is 11.4. The summed E-state index contributed by atoms with van der Waals surface area (Å²) in [6.45, 7) is 12.6. The number of hydrogen-bond acceptors (Lipinski definition) is 5. The molecule has 0 radical (unpaired) electrons. The molecule has 1 atom stereocenters. The van der Waals surface area contributed by atoms with Crippen molar-refractivity contribution >= 4 is 23.1 Å². The SMILES string of the molecule is COc1cc(C)c(/C(O)=C2\C(=O)C(=O)N(c3cccc(C)c3)C2c2ccc(OCC(C)C)cc2)cc1C(C)C. The zero-order chi connectivity index (χ0) is 28.4. The van der Waals surface area contributed by atoms with Gasteiger partial charge in [-0.3, -0.25) is 14.5 Å². The summed E-state index contributed by atoms with van der Waals surface area (Å²) in [4.78, 5) is 28.6. The number of nitrogens with zero attached hydrogens (tertiary/aromatic N) is 1. The van der Waals surface area contributed by atoms with E-state index in [-0.39, 0.29) is 17.3 Å². The molecule has 204 valence electrons. The molecule has 6 heteroatoms. The number of methoxy groups -OCH3 is 1. The van der Waals surface area contributed by atoms with Crippen LogP contribution in [-0.2, 0) is 9.59 Å². The summed E-state index contributed by atoms with van der Waals surface area (Å²) in [7, 11) is 1.61. The largest absolute Gasteiger partial charge is 0.507 e. The van der Waals surface area contributed by atoms with Gasteiger partial charge in [-0.2, -0.15) is 0 Å². The van der Waals surface area contributed by atoms with Crippen molar-refractivity contribution in [1.82, 2.24) is 0 Å². The second-order valence-electron chi connectivity index (χ2n) is 10.8. The van der Waals surface area contributed by atoms with Crippen LogP contribution < -0.4 is 14.4 Å². The molecule has 1 N–H and O–H groups in total. The highest BCUT2D eigenvalue weighted by atomic mass is 16.5. The summed E-state index contributed by atoms with van der Waals surface area (Å²) in [5.41, 5.74) is 4.45. The van der Waals surface area contributed by atoms with Crippen LogP contribution in [0.3, 0.4) is 0 Å². The Bertz CT molecular complexity index is 1420. The first-order valence-electron chi connectivity index (χ1n) is 13.3. The number of carbonyl (C=O) groups is 2. The van der Waals surface area contributed by atoms with E-state index in [9.17, 15) is 14.7 Å². The van der Waals surface area contributed by atoms with Crippen molar-refractivity contribution in [2.45, 2.75) is 53.5 Å². The number of aliphatic hydroxyl groups is 1. The number of amides is 1. The fraction of sp³-hybridized carbons (Fsp3) is 0.333. The first-order chi connectivity index (χ1) is 18.5. The molecule has 0 spiro atoms. The van der Waals surface area contributed by atoms with E-state index in [2.05, 4.69) is 13.8 Å². The number of aliphatic hydroxyl groups excluding tert-OH is 1. The van der Waals surface area contributed by atoms with Gasteiger partial charge in [-0.15, -0.1) is 0 Å². The van der Waals surface area contributed by atoms with E-state index in [4.69, 9.17) is 9.47 Å². The van der Waals surface area contributed by atoms with Gasteiger partial charge >= 0.3 is 0 Å². The molecule has 1 aliphatic rings. The lowest BCUT2D eigenvalue weighted by atomic mass is 9.91. The Morgan fingerprint density at radius 1 is 0.974 bits per heavy atom. The average Bonchev–Trinajstić information content (AvgIpc) is 3.17. The number of benzene rings is 3. The molecule has 1 heterocycles. The third kappa shape index (κ3) is 5.56. The number of ketones is 1. The highest BCUT2D eigenvalue weighted by molar-refractivity contribution is 6.51. The fourth-order valence-corrected chi connectivity index (χ4v) is 4.93. The number of aryl methyl sites for hydroxylation is 2. The topological polar surface area (TPSA) is 76.1 Å². The van der Waals surface area contributed by atoms with Crippen LogP contribution in [0.4, 0.5) is 5.69 Å². The minimum absolute atomic E-state index is 0.0559. The normalized spacial score (nSPS) is 16.8. The monoisotopic (exact) mass is 527 g/mol. The molecule has 3 aromatic rings. The fourth-order valence-electron chi connectivity index (χ4n) is 4.93. The van der Waals surface area contributed by atoms with Crippen LogP contribution in [0.25, 0.3) is 5.76 Å². The van der Waals surface area contributed by atoms with E-state index in [0.717, 1.165) is 16.7 Å². The Balaban J connectivity index is 1.92. The first kappa shape index (κ1) is 28.0. The molecule has 6 nitrogen and oxygen atoms in total. The van der Waals surface area contributed by atoms with Gasteiger partial charge in [0.1, 0.15) is 17.3 Å². The van der Waals surface area contributed by atoms with E-state index >= 15 is 0 Å². The van der Waals surface area contributed by atoms with Crippen molar-refractivity contribution in [2.24, 2.45) is 5.92 Å². The molecule has 1 fully saturated rings. The summed E-state index contributed by atoms with van der Waals surface area (Å²) in [6.07, 6.45) is 0. The second-order valence-corrected chi connectivity index (χ2v) is 10.8. The first-order valence-corrected chi connectivity index (χ1v) is 13.3. The summed E-state index contributed by atoms with van der Waals surface area (Å²) in [5, 5.41) is 11.7. The predicted octanol–water partition coefficient (Wildman–Crippen LogP) is 7.10. The predicted molar refractivity (Wildman–Crippen MR) is 155 cm³/mol. The maximum absolute atomic E-state index is 13.6. The van der Waals surface area contributed by atoms with Gasteiger partial charge in [0.2, 0.25) is 0 Å². The lowest BCUT2D eigenvalue weighted by Crippen LogP contribution is -2.29. The van der Waals surface area contributed by atoms with E-state index in [1.807, 2.05) is 82.3 Å². The molecule has 39 heavy (non-hydrogen) atoms. The number of rotatable bonds is 8. The lowest BCUT2D eigenvalue weighted by molar-refractivity contribution is -0.132. The van der Waals surface area contributed by atoms with Crippen molar-refractivity contribution in [1.29, 1.82) is 0 Å². The van der Waals surface area contributed by atoms with Crippen molar-refractivity contribution in [2.75, 3.05) is 18.6 Å². The zero-order valence-electron chi connectivity index (χ0n) is 23.7. The summed E-state index contributed by atoms with van der Waals surface area (Å²) in [6, 6.07) is 17.7. The minimum atomic E-state index is -0.810. The maximum atomic E-state index is 13.6. The van der Waals surface area contributed by atoms with Gasteiger partial charge in [0.05, 0.1) is 25.3 Å². The molecular weight excluding hydrogens is 490 g/mol. The molecular formula is C33H37NO5. The number of carbonyl (C=O) groups excluding carboxylic acids is 2. The van der Waals surface area contributed by atoms with Crippen LogP contribution >= 0.6 is 0 Å². The molecule has 1 aliphatic heterocycles. The standard InChI is InChI=1S/C33H37NO5/c1-19(2)18-39-25-13-11-23(12-14-25)30-29(32(36)33(37)34(30)24-10-8-9-21(5)15-24)31(35)27-17-26(20(3)4)28(38-7)16-22(27)6/h8-17,19-20,30,35H,18H2,1-7H3/b31-29+. The zero-order valence-corrected chi connectivity index (χ0v) is 23.7. The number of ether oxygens (including phenoxy) is 2. The molecule has 1 amide bonds. The van der Waals surface area contributed by atoms with Crippen molar-refractivity contribution in [3.05, 3.63) is 94.1 Å². The quantitative estimate of drug-likeness (QED) is 0.192. The summed E-state index contributed by atoms with van der Waals surface area (Å²) < 4.78 is 11.4. The van der Waals surface area contributed by atoms with Gasteiger partial charge in [-0.05, 0) is 84.3 Å². The van der Waals surface area contributed by atoms with Crippen LogP contribution in [0, 0.1) is 19.8 Å². The highest BCUT2D eigenvalue weighted by Crippen LogP contribution is 2.44. The maximum Gasteiger partial charge on any atom is 0.300 e. The van der Waals surface area contributed by atoms with Gasteiger partial charge < -0.3 is 14.6 Å². The Morgan fingerprint density at radius 2 is 1.67 bits per heavy atom. The Morgan fingerprint density at radius 3 is 2.26 bits per heavy atom. The van der Waals surface area contributed by atoms with E-state index in [1.165, 1.54) is 4.90 Å². The van der Waals surface area contributed by atoms with Crippen LogP contribution in [0.2, 0.25) is 0 Å². The Hall–Kier alpha value is -4.06. The van der Waals surface area contributed by atoms with Gasteiger partial charge in [-0.1, -0.05) is 52.0 Å². The lowest BCUT2D eigenvalue weighted by Gasteiger charge is -2.26. The van der Waals surface area contributed by atoms with Crippen LogP contribution in [0.5, 0.6) is 11.5 Å². The Kier molecular flexibility index (Phi) is 8.14. The third-order valence-electron chi connectivity index (χ3n) is 6.96. The van der Waals surface area contributed by atoms with Crippen molar-refractivity contribution in [3.8, 4) is 11.5 Å². The molecule has 0 saturated carbocycles. The van der Waals surface area contributed by atoms with Gasteiger partial charge in [0.15, 0.2) is 0 Å². The van der Waals surface area contributed by atoms with E-state index < -0.39 is 17.7 Å². The smallest absolute Gasteiger partial charge is 0.300 e. The van der Waals surface area contributed by atoms with Crippen LogP contribution in [0.1, 0.15) is 67.5 Å². The average molecular weight is 528 g/mol. The van der Waals surface area contributed by atoms with E-state index in [0.29, 0.717) is 40.8 Å². The molecule has 1 saturated heterocycles. The summed E-state index contributed by atoms with van der Waals surface area (Å²) in [5.74, 6) is 0.316. The molecule has 3 aromatic carbocycles. The number of hydrogen-bond donors (Lipinski definition) is 1. The van der Waals surface area contributed by atoms with E-state index in [1.54, 1.807) is 13.2 Å². The van der Waals surface area contributed by atoms with Gasteiger partial charge in [0.25, 0.3) is 11.7 Å². The number of anilines is 1.